The van der Waals surface area contributed by atoms with Gasteiger partial charge in [-0.05, 0) is 42.6 Å². The highest BCUT2D eigenvalue weighted by Gasteiger charge is 2.19. The van der Waals surface area contributed by atoms with Crippen molar-refractivity contribution in [1.29, 1.82) is 0 Å². The fraction of sp³-hybridized carbons (Fsp3) is 0.429. The quantitative estimate of drug-likeness (QED) is 0.754. The Balaban J connectivity index is 2.13. The Bertz CT molecular complexity index is 499. The van der Waals surface area contributed by atoms with Crippen LogP contribution in [0.4, 0.5) is 0 Å². The molecule has 1 heterocycles. The normalized spacial score (nSPS) is 15.4. The number of amides is 1. The van der Waals surface area contributed by atoms with E-state index in [1.165, 1.54) is 5.56 Å². The highest BCUT2D eigenvalue weighted by molar-refractivity contribution is 5.96. The maximum Gasteiger partial charge on any atom is 0.326 e. The molecule has 2 rings (SSSR count). The summed E-state index contributed by atoms with van der Waals surface area (Å²) in [7, 11) is 0. The summed E-state index contributed by atoms with van der Waals surface area (Å²) in [5.41, 5.74) is 2.88. The number of hydrogen-bond donors (Lipinski definition) is 3. The van der Waals surface area contributed by atoms with Crippen molar-refractivity contribution in [2.75, 3.05) is 6.54 Å². The van der Waals surface area contributed by atoms with E-state index >= 15 is 0 Å². The molecule has 1 atom stereocenters. The largest absolute Gasteiger partial charge is 0.480 e. The second-order valence-corrected chi connectivity index (χ2v) is 4.68. The Labute approximate surface area is 112 Å². The van der Waals surface area contributed by atoms with Crippen LogP contribution in [0, 0.1) is 0 Å². The number of carbonyl (C=O) groups is 2. The zero-order valence-electron chi connectivity index (χ0n) is 10.9. The summed E-state index contributed by atoms with van der Waals surface area (Å²) in [4.78, 5) is 22.9. The lowest BCUT2D eigenvalue weighted by molar-refractivity contribution is -0.139. The molecule has 5 nitrogen and oxygen atoms in total. The molecular formula is C14H18N2O3. The molecule has 102 valence electrons. The van der Waals surface area contributed by atoms with E-state index in [2.05, 4.69) is 10.6 Å². The van der Waals surface area contributed by atoms with Crippen molar-refractivity contribution in [1.82, 2.24) is 10.6 Å². The third kappa shape index (κ3) is 3.12. The van der Waals surface area contributed by atoms with Crippen molar-refractivity contribution in [3.05, 3.63) is 34.9 Å². The first-order chi connectivity index (χ1) is 9.11. The standard InChI is InChI=1S/C14H18N2O3/c1-2-12(14(18)19)16-13(17)10-4-3-9-5-6-15-8-11(9)7-10/h3-4,7,12,15H,2,5-6,8H2,1H3,(H,16,17)(H,18,19)/t12-/m1/s1. The van der Waals surface area contributed by atoms with Crippen LogP contribution < -0.4 is 10.6 Å². The first kappa shape index (κ1) is 13.5. The minimum atomic E-state index is -1.00. The SMILES string of the molecule is CC[C@@H](NC(=O)c1ccc2c(c1)CNCC2)C(=O)O. The van der Waals surface area contributed by atoms with Gasteiger partial charge in [0.25, 0.3) is 5.91 Å². The van der Waals surface area contributed by atoms with Crippen molar-refractivity contribution >= 4 is 11.9 Å². The summed E-state index contributed by atoms with van der Waals surface area (Å²) in [6.45, 7) is 3.44. The maximum atomic E-state index is 12.0. The first-order valence-electron chi connectivity index (χ1n) is 6.48. The molecule has 1 aromatic rings. The molecule has 5 heteroatoms. The van der Waals surface area contributed by atoms with Crippen LogP contribution in [0.5, 0.6) is 0 Å². The number of carboxylic acids is 1. The summed E-state index contributed by atoms with van der Waals surface area (Å²) >= 11 is 0. The van der Waals surface area contributed by atoms with Crippen LogP contribution in [-0.4, -0.2) is 29.6 Å². The summed E-state index contributed by atoms with van der Waals surface area (Å²) in [6.07, 6.45) is 1.33. The van der Waals surface area contributed by atoms with E-state index in [0.717, 1.165) is 25.1 Å². The van der Waals surface area contributed by atoms with Gasteiger partial charge in [0, 0.05) is 12.1 Å². The smallest absolute Gasteiger partial charge is 0.326 e. The van der Waals surface area contributed by atoms with Crippen LogP contribution in [0.25, 0.3) is 0 Å². The summed E-state index contributed by atoms with van der Waals surface area (Å²) in [5, 5.41) is 14.7. The van der Waals surface area contributed by atoms with Crippen molar-refractivity contribution < 1.29 is 14.7 Å². The van der Waals surface area contributed by atoms with E-state index in [1.807, 2.05) is 12.1 Å². The van der Waals surface area contributed by atoms with Gasteiger partial charge in [-0.25, -0.2) is 4.79 Å². The molecule has 1 amide bonds. The molecule has 1 aromatic carbocycles. The number of carbonyl (C=O) groups excluding carboxylic acids is 1. The predicted octanol–water partition coefficient (Wildman–Crippen LogP) is 0.925. The molecule has 0 aliphatic carbocycles. The van der Waals surface area contributed by atoms with Gasteiger partial charge in [-0.2, -0.15) is 0 Å². The molecule has 0 saturated heterocycles. The molecular weight excluding hydrogens is 244 g/mol. The third-order valence-corrected chi connectivity index (χ3v) is 3.37. The Morgan fingerprint density at radius 3 is 2.89 bits per heavy atom. The number of hydrogen-bond acceptors (Lipinski definition) is 3. The zero-order chi connectivity index (χ0) is 13.8. The van der Waals surface area contributed by atoms with Gasteiger partial charge in [0.05, 0.1) is 0 Å². The molecule has 3 N–H and O–H groups in total. The molecule has 1 aliphatic rings. The molecule has 19 heavy (non-hydrogen) atoms. The summed E-state index contributed by atoms with van der Waals surface area (Å²) < 4.78 is 0. The van der Waals surface area contributed by atoms with Gasteiger partial charge >= 0.3 is 5.97 Å². The van der Waals surface area contributed by atoms with Gasteiger partial charge in [-0.3, -0.25) is 4.79 Å². The second-order valence-electron chi connectivity index (χ2n) is 4.68. The molecule has 0 unspecified atom stereocenters. The Hall–Kier alpha value is -1.88. The van der Waals surface area contributed by atoms with Crippen LogP contribution in [0.2, 0.25) is 0 Å². The van der Waals surface area contributed by atoms with Crippen LogP contribution in [0.1, 0.15) is 34.8 Å². The fourth-order valence-corrected chi connectivity index (χ4v) is 2.20. The van der Waals surface area contributed by atoms with Crippen LogP contribution in [0.3, 0.4) is 0 Å². The highest BCUT2D eigenvalue weighted by atomic mass is 16.4. The summed E-state index contributed by atoms with van der Waals surface area (Å²) in [5.74, 6) is -1.34. The maximum absolute atomic E-state index is 12.0. The highest BCUT2D eigenvalue weighted by Crippen LogP contribution is 2.16. The molecule has 0 spiro atoms. The molecule has 0 aromatic heterocycles. The van der Waals surface area contributed by atoms with Crippen molar-refractivity contribution in [3.8, 4) is 0 Å². The van der Waals surface area contributed by atoms with Gasteiger partial charge in [0.1, 0.15) is 6.04 Å². The minimum absolute atomic E-state index is 0.331. The van der Waals surface area contributed by atoms with Gasteiger partial charge in [-0.1, -0.05) is 13.0 Å². The number of carboxylic acid groups (broad SMARTS) is 1. The molecule has 0 bridgehead atoms. The lowest BCUT2D eigenvalue weighted by Crippen LogP contribution is -2.40. The van der Waals surface area contributed by atoms with Gasteiger partial charge < -0.3 is 15.7 Å². The molecule has 0 saturated carbocycles. The molecule has 0 fully saturated rings. The lowest BCUT2D eigenvalue weighted by Gasteiger charge is -2.18. The van der Waals surface area contributed by atoms with E-state index in [0.29, 0.717) is 12.0 Å². The number of aliphatic carboxylic acids is 1. The monoisotopic (exact) mass is 262 g/mol. The number of nitrogens with one attached hydrogen (secondary N) is 2. The fourth-order valence-electron chi connectivity index (χ4n) is 2.20. The minimum Gasteiger partial charge on any atom is -0.480 e. The molecule has 1 aliphatic heterocycles. The number of fused-ring (bicyclic) bond motifs is 1. The Morgan fingerprint density at radius 1 is 1.42 bits per heavy atom. The summed E-state index contributed by atoms with van der Waals surface area (Å²) in [6, 6.07) is 4.72. The predicted molar refractivity (Wildman–Crippen MR) is 71.0 cm³/mol. The van der Waals surface area contributed by atoms with Crippen molar-refractivity contribution in [2.24, 2.45) is 0 Å². The van der Waals surface area contributed by atoms with Crippen molar-refractivity contribution in [2.45, 2.75) is 32.4 Å². The third-order valence-electron chi connectivity index (χ3n) is 3.37. The first-order valence-corrected chi connectivity index (χ1v) is 6.48. The Morgan fingerprint density at radius 2 is 2.21 bits per heavy atom. The average molecular weight is 262 g/mol. The van der Waals surface area contributed by atoms with E-state index < -0.39 is 12.0 Å². The van der Waals surface area contributed by atoms with E-state index in [9.17, 15) is 9.59 Å². The van der Waals surface area contributed by atoms with Crippen molar-refractivity contribution in [3.63, 3.8) is 0 Å². The average Bonchev–Trinajstić information content (AvgIpc) is 2.43. The Kier molecular flexibility index (Phi) is 4.16. The van der Waals surface area contributed by atoms with E-state index in [-0.39, 0.29) is 5.91 Å². The van der Waals surface area contributed by atoms with Gasteiger partial charge in [0.15, 0.2) is 0 Å². The lowest BCUT2D eigenvalue weighted by atomic mass is 9.98. The number of rotatable bonds is 4. The zero-order valence-corrected chi connectivity index (χ0v) is 10.9. The van der Waals surface area contributed by atoms with Gasteiger partial charge in [0.2, 0.25) is 0 Å². The van der Waals surface area contributed by atoms with E-state index in [4.69, 9.17) is 5.11 Å². The van der Waals surface area contributed by atoms with E-state index in [1.54, 1.807) is 13.0 Å². The van der Waals surface area contributed by atoms with Crippen LogP contribution >= 0.6 is 0 Å². The van der Waals surface area contributed by atoms with Gasteiger partial charge in [-0.15, -0.1) is 0 Å². The molecule has 0 radical (unpaired) electrons. The topological polar surface area (TPSA) is 78.4 Å². The number of benzene rings is 1. The van der Waals surface area contributed by atoms with Crippen LogP contribution in [-0.2, 0) is 17.8 Å². The second kappa shape index (κ2) is 5.84. The van der Waals surface area contributed by atoms with Crippen LogP contribution in [0.15, 0.2) is 18.2 Å².